The van der Waals surface area contributed by atoms with Crippen molar-refractivity contribution in [3.63, 3.8) is 0 Å². The van der Waals surface area contributed by atoms with Crippen molar-refractivity contribution in [2.45, 2.75) is 19.5 Å². The molecule has 1 atom stereocenters. The van der Waals surface area contributed by atoms with E-state index < -0.39 is 6.04 Å². The van der Waals surface area contributed by atoms with Gasteiger partial charge in [0.2, 0.25) is 5.91 Å². The molecule has 17 heavy (non-hydrogen) atoms. The molecule has 5 heteroatoms. The smallest absolute Gasteiger partial charge is 0.239 e. The molecule has 0 saturated carbocycles. The first-order chi connectivity index (χ1) is 7.95. The summed E-state index contributed by atoms with van der Waals surface area (Å²) in [4.78, 5) is 13.3. The third-order valence-electron chi connectivity index (χ3n) is 2.42. The highest BCUT2D eigenvalue weighted by Gasteiger charge is 2.15. The Kier molecular flexibility index (Phi) is 4.96. The first-order valence-electron chi connectivity index (χ1n) is 5.28. The monoisotopic (exact) mass is 300 g/mol. The highest BCUT2D eigenvalue weighted by Crippen LogP contribution is 2.24. The molecule has 2 N–H and O–H groups in total. The number of hydrogen-bond donors (Lipinski definition) is 1. The summed E-state index contributed by atoms with van der Waals surface area (Å²) < 4.78 is 6.21. The maximum atomic E-state index is 11.7. The Labute approximate surface area is 110 Å². The van der Waals surface area contributed by atoms with Crippen molar-refractivity contribution < 1.29 is 9.53 Å². The maximum absolute atomic E-state index is 11.7. The van der Waals surface area contributed by atoms with Gasteiger partial charge in [-0.2, -0.15) is 0 Å². The van der Waals surface area contributed by atoms with Gasteiger partial charge in [-0.05, 0) is 25.1 Å². The molecule has 0 bridgehead atoms. The van der Waals surface area contributed by atoms with Crippen molar-refractivity contribution in [3.8, 4) is 5.75 Å². The minimum Gasteiger partial charge on any atom is -0.496 e. The van der Waals surface area contributed by atoms with Crippen LogP contribution in [0.25, 0.3) is 0 Å². The van der Waals surface area contributed by atoms with Gasteiger partial charge in [0.05, 0.1) is 13.2 Å². The number of hydrogen-bond acceptors (Lipinski definition) is 3. The topological polar surface area (TPSA) is 55.6 Å². The predicted molar refractivity (Wildman–Crippen MR) is 70.8 cm³/mol. The Bertz CT molecular complexity index is 407. The van der Waals surface area contributed by atoms with Crippen LogP contribution in [0.4, 0.5) is 0 Å². The lowest BCUT2D eigenvalue weighted by atomic mass is 10.2. The van der Waals surface area contributed by atoms with Crippen LogP contribution in [0.2, 0.25) is 0 Å². The van der Waals surface area contributed by atoms with Gasteiger partial charge in [0.15, 0.2) is 0 Å². The largest absolute Gasteiger partial charge is 0.496 e. The van der Waals surface area contributed by atoms with Crippen LogP contribution in [0.15, 0.2) is 22.7 Å². The molecule has 0 fully saturated rings. The van der Waals surface area contributed by atoms with E-state index in [-0.39, 0.29) is 5.91 Å². The number of nitrogens with zero attached hydrogens (tertiary/aromatic N) is 1. The van der Waals surface area contributed by atoms with Crippen molar-refractivity contribution in [1.29, 1.82) is 0 Å². The van der Waals surface area contributed by atoms with Crippen LogP contribution in [-0.2, 0) is 11.3 Å². The second-order valence-electron chi connectivity index (χ2n) is 3.94. The molecule has 0 radical (unpaired) electrons. The summed E-state index contributed by atoms with van der Waals surface area (Å²) in [6.45, 7) is 2.15. The van der Waals surface area contributed by atoms with E-state index in [1.807, 2.05) is 18.2 Å². The van der Waals surface area contributed by atoms with E-state index in [1.165, 1.54) is 0 Å². The number of halogens is 1. The van der Waals surface area contributed by atoms with Gasteiger partial charge in [-0.15, -0.1) is 0 Å². The number of rotatable bonds is 4. The van der Waals surface area contributed by atoms with Gasteiger partial charge in [0.1, 0.15) is 5.75 Å². The first kappa shape index (κ1) is 14.0. The maximum Gasteiger partial charge on any atom is 0.239 e. The predicted octanol–water partition coefficient (Wildman–Crippen LogP) is 1.76. The third kappa shape index (κ3) is 3.71. The van der Waals surface area contributed by atoms with E-state index >= 15 is 0 Å². The highest BCUT2D eigenvalue weighted by atomic mass is 79.9. The zero-order chi connectivity index (χ0) is 13.0. The molecule has 4 nitrogen and oxygen atoms in total. The van der Waals surface area contributed by atoms with Crippen molar-refractivity contribution >= 4 is 21.8 Å². The average molecular weight is 301 g/mol. The summed E-state index contributed by atoms with van der Waals surface area (Å²) in [6, 6.07) is 5.21. The zero-order valence-corrected chi connectivity index (χ0v) is 11.8. The Morgan fingerprint density at radius 2 is 2.24 bits per heavy atom. The van der Waals surface area contributed by atoms with E-state index in [9.17, 15) is 4.79 Å². The van der Waals surface area contributed by atoms with Crippen molar-refractivity contribution in [3.05, 3.63) is 28.2 Å². The molecule has 1 aromatic rings. The minimum atomic E-state index is -0.488. The number of methoxy groups -OCH3 is 1. The van der Waals surface area contributed by atoms with Crippen LogP contribution >= 0.6 is 15.9 Å². The normalized spacial score (nSPS) is 12.1. The molecule has 0 aliphatic carbocycles. The van der Waals surface area contributed by atoms with Crippen molar-refractivity contribution in [2.75, 3.05) is 14.2 Å². The molecule has 0 heterocycles. The molecule has 0 aliphatic heterocycles. The molecule has 0 spiro atoms. The molecular weight excluding hydrogens is 284 g/mol. The second kappa shape index (κ2) is 6.02. The number of ether oxygens (including phenoxy) is 1. The lowest BCUT2D eigenvalue weighted by Crippen LogP contribution is -2.39. The minimum absolute atomic E-state index is 0.0907. The van der Waals surface area contributed by atoms with Crippen molar-refractivity contribution in [2.24, 2.45) is 5.73 Å². The van der Waals surface area contributed by atoms with Gasteiger partial charge in [0, 0.05) is 23.6 Å². The van der Waals surface area contributed by atoms with Gasteiger partial charge in [-0.3, -0.25) is 4.79 Å². The Morgan fingerprint density at radius 1 is 1.59 bits per heavy atom. The molecule has 1 amide bonds. The van der Waals surface area contributed by atoms with Crippen LogP contribution in [0.1, 0.15) is 12.5 Å². The number of benzene rings is 1. The SMILES string of the molecule is COc1ccc(Br)cc1CN(C)C(=O)[C@@H](C)N. The van der Waals surface area contributed by atoms with E-state index in [2.05, 4.69) is 15.9 Å². The summed E-state index contributed by atoms with van der Waals surface area (Å²) in [5.74, 6) is 0.671. The standard InChI is InChI=1S/C12H17BrN2O2/c1-8(14)12(16)15(2)7-9-6-10(13)4-5-11(9)17-3/h4-6,8H,7,14H2,1-3H3/t8-/m1/s1. The third-order valence-corrected chi connectivity index (χ3v) is 2.91. The average Bonchev–Trinajstić information content (AvgIpc) is 2.28. The molecular formula is C12H17BrN2O2. The molecule has 1 rings (SSSR count). The highest BCUT2D eigenvalue weighted by molar-refractivity contribution is 9.10. The molecule has 0 aliphatic rings. The van der Waals surface area contributed by atoms with Crippen molar-refractivity contribution in [1.82, 2.24) is 4.90 Å². The Hall–Kier alpha value is -1.07. The van der Waals surface area contributed by atoms with E-state index in [1.54, 1.807) is 26.0 Å². The van der Waals surface area contributed by atoms with Gasteiger partial charge in [0.25, 0.3) is 0 Å². The van der Waals surface area contributed by atoms with Crippen LogP contribution in [0.5, 0.6) is 5.75 Å². The summed E-state index contributed by atoms with van der Waals surface area (Å²) in [7, 11) is 3.34. The molecule has 0 aromatic heterocycles. The van der Waals surface area contributed by atoms with E-state index in [4.69, 9.17) is 10.5 Å². The van der Waals surface area contributed by atoms with E-state index in [0.717, 1.165) is 15.8 Å². The van der Waals surface area contributed by atoms with Crippen LogP contribution in [-0.4, -0.2) is 31.0 Å². The number of carbonyl (C=O) groups is 1. The summed E-state index contributed by atoms with van der Waals surface area (Å²) in [6.07, 6.45) is 0. The van der Waals surface area contributed by atoms with Crippen LogP contribution in [0.3, 0.4) is 0 Å². The first-order valence-corrected chi connectivity index (χ1v) is 6.08. The zero-order valence-electron chi connectivity index (χ0n) is 10.2. The Balaban J connectivity index is 2.87. The molecule has 0 saturated heterocycles. The number of nitrogens with two attached hydrogens (primary N) is 1. The summed E-state index contributed by atoms with van der Waals surface area (Å²) >= 11 is 3.40. The van der Waals surface area contributed by atoms with Gasteiger partial charge in [-0.25, -0.2) is 0 Å². The lowest BCUT2D eigenvalue weighted by molar-refractivity contribution is -0.131. The molecule has 1 aromatic carbocycles. The fraction of sp³-hybridized carbons (Fsp3) is 0.417. The quantitative estimate of drug-likeness (QED) is 0.922. The van der Waals surface area contributed by atoms with Gasteiger partial charge < -0.3 is 15.4 Å². The Morgan fingerprint density at radius 3 is 2.76 bits per heavy atom. The molecule has 0 unspecified atom stereocenters. The number of amides is 1. The van der Waals surface area contributed by atoms with Gasteiger partial charge >= 0.3 is 0 Å². The van der Waals surface area contributed by atoms with Crippen LogP contribution < -0.4 is 10.5 Å². The fourth-order valence-electron chi connectivity index (χ4n) is 1.55. The molecule has 94 valence electrons. The summed E-state index contributed by atoms with van der Waals surface area (Å²) in [5, 5.41) is 0. The van der Waals surface area contributed by atoms with Crippen LogP contribution in [0, 0.1) is 0 Å². The fourth-order valence-corrected chi connectivity index (χ4v) is 1.96. The van der Waals surface area contributed by atoms with E-state index in [0.29, 0.717) is 6.54 Å². The second-order valence-corrected chi connectivity index (χ2v) is 4.85. The number of likely N-dealkylation sites (N-methyl/N-ethyl adjacent to an activating group) is 1. The van der Waals surface area contributed by atoms with Gasteiger partial charge in [-0.1, -0.05) is 15.9 Å². The summed E-state index contributed by atoms with van der Waals surface area (Å²) in [5.41, 5.74) is 6.50. The number of carbonyl (C=O) groups excluding carboxylic acids is 1. The lowest BCUT2D eigenvalue weighted by Gasteiger charge is -2.20.